The summed E-state index contributed by atoms with van der Waals surface area (Å²) in [4.78, 5) is 23.1. The van der Waals surface area contributed by atoms with E-state index >= 15 is 0 Å². The zero-order chi connectivity index (χ0) is 15.2. The highest BCUT2D eigenvalue weighted by molar-refractivity contribution is 7.64. The third-order valence-corrected chi connectivity index (χ3v) is 4.10. The van der Waals surface area contributed by atoms with E-state index in [1.807, 2.05) is 18.2 Å². The minimum atomic E-state index is -2.88. The van der Waals surface area contributed by atoms with E-state index in [1.165, 1.54) is 20.4 Å². The highest BCUT2D eigenvalue weighted by Crippen LogP contribution is 2.41. The molecule has 0 spiro atoms. The van der Waals surface area contributed by atoms with Gasteiger partial charge in [-0.25, -0.2) is 9.59 Å². The second-order valence-electron chi connectivity index (χ2n) is 4.57. The molecule has 0 aliphatic heterocycles. The molecule has 1 aromatic carbocycles. The first-order valence-corrected chi connectivity index (χ1v) is 8.61. The molecule has 0 radical (unpaired) electrons. The van der Waals surface area contributed by atoms with Gasteiger partial charge in [-0.3, -0.25) is 0 Å². The van der Waals surface area contributed by atoms with Crippen molar-refractivity contribution in [3.8, 4) is 0 Å². The molecule has 0 aliphatic carbocycles. The fourth-order valence-electron chi connectivity index (χ4n) is 1.46. The van der Waals surface area contributed by atoms with Gasteiger partial charge in [-0.1, -0.05) is 30.3 Å². The van der Waals surface area contributed by atoms with Gasteiger partial charge in [-0.15, -0.1) is 0 Å². The zero-order valence-electron chi connectivity index (χ0n) is 11.7. The van der Waals surface area contributed by atoms with Crippen LogP contribution < -0.4 is 5.32 Å². The third-order valence-electron chi connectivity index (χ3n) is 2.51. The lowest BCUT2D eigenvalue weighted by Crippen LogP contribution is -2.41. The molecule has 7 heteroatoms. The first kappa shape index (κ1) is 16.2. The standard InChI is InChI=1S/C13H18NO5P/c1-18-12(15)11(20(2,3)17)14-13(16)19-9-10-7-5-4-6-8-10/h4-8,11H,9H2,1-3H3,(H,14,16). The summed E-state index contributed by atoms with van der Waals surface area (Å²) in [6.07, 6.45) is -0.812. The van der Waals surface area contributed by atoms with E-state index in [-0.39, 0.29) is 6.61 Å². The summed E-state index contributed by atoms with van der Waals surface area (Å²) in [7, 11) is -1.72. The smallest absolute Gasteiger partial charge is 0.408 e. The van der Waals surface area contributed by atoms with Crippen molar-refractivity contribution in [3.05, 3.63) is 35.9 Å². The maximum absolute atomic E-state index is 12.0. The first-order chi connectivity index (χ1) is 9.34. The number of rotatable bonds is 5. The molecule has 0 aromatic heterocycles. The Labute approximate surface area is 117 Å². The number of methoxy groups -OCH3 is 1. The predicted molar refractivity (Wildman–Crippen MR) is 75.0 cm³/mol. The fraction of sp³-hybridized carbons (Fsp3) is 0.385. The number of esters is 1. The van der Waals surface area contributed by atoms with E-state index in [9.17, 15) is 14.2 Å². The van der Waals surface area contributed by atoms with Gasteiger partial charge in [0, 0.05) is 0 Å². The molecule has 1 atom stereocenters. The van der Waals surface area contributed by atoms with Crippen molar-refractivity contribution < 1.29 is 23.6 Å². The number of ether oxygens (including phenoxy) is 2. The molecule has 110 valence electrons. The molecule has 0 fully saturated rings. The number of benzene rings is 1. The van der Waals surface area contributed by atoms with Crippen molar-refractivity contribution >= 4 is 19.2 Å². The topological polar surface area (TPSA) is 81.7 Å². The quantitative estimate of drug-likeness (QED) is 0.664. The van der Waals surface area contributed by atoms with Crippen LogP contribution in [-0.2, 0) is 25.4 Å². The second-order valence-corrected chi connectivity index (χ2v) is 7.95. The monoisotopic (exact) mass is 299 g/mol. The predicted octanol–water partition coefficient (Wildman–Crippen LogP) is 2.03. The summed E-state index contributed by atoms with van der Waals surface area (Å²) in [5.74, 6) is -1.95. The van der Waals surface area contributed by atoms with Crippen LogP contribution in [-0.4, -0.2) is 38.3 Å². The molecule has 0 heterocycles. The van der Waals surface area contributed by atoms with E-state index in [4.69, 9.17) is 4.74 Å². The number of carbonyl (C=O) groups is 2. The number of carbonyl (C=O) groups excluding carboxylic acids is 2. The summed E-state index contributed by atoms with van der Waals surface area (Å²) in [5.41, 5.74) is 0.813. The zero-order valence-corrected chi connectivity index (χ0v) is 12.6. The van der Waals surface area contributed by atoms with E-state index in [0.717, 1.165) is 5.56 Å². The van der Waals surface area contributed by atoms with Crippen LogP contribution >= 0.6 is 7.14 Å². The van der Waals surface area contributed by atoms with Crippen molar-refractivity contribution in [1.82, 2.24) is 5.32 Å². The summed E-state index contributed by atoms with van der Waals surface area (Å²) in [6, 6.07) is 9.09. The Balaban J connectivity index is 2.59. The molecule has 1 N–H and O–H groups in total. The summed E-state index contributed by atoms with van der Waals surface area (Å²) >= 11 is 0. The molecule has 1 unspecified atom stereocenters. The number of amides is 1. The number of hydrogen-bond donors (Lipinski definition) is 1. The van der Waals surface area contributed by atoms with Crippen LogP contribution in [0.1, 0.15) is 5.56 Å². The van der Waals surface area contributed by atoms with E-state index in [2.05, 4.69) is 10.1 Å². The fourth-order valence-corrected chi connectivity index (χ4v) is 2.49. The second kappa shape index (κ2) is 7.10. The van der Waals surface area contributed by atoms with Gasteiger partial charge in [0.15, 0.2) is 5.78 Å². The molecular formula is C13H18NO5P. The van der Waals surface area contributed by atoms with Crippen LogP contribution in [0.4, 0.5) is 4.79 Å². The van der Waals surface area contributed by atoms with Gasteiger partial charge in [-0.2, -0.15) is 0 Å². The number of alkyl carbamates (subject to hydrolysis) is 1. The summed E-state index contributed by atoms with van der Waals surface area (Å²) in [5, 5.41) is 2.28. The highest BCUT2D eigenvalue weighted by Gasteiger charge is 2.33. The minimum absolute atomic E-state index is 0.0678. The molecular weight excluding hydrogens is 281 g/mol. The maximum Gasteiger partial charge on any atom is 0.408 e. The molecule has 1 rings (SSSR count). The average Bonchev–Trinajstić information content (AvgIpc) is 2.41. The maximum atomic E-state index is 12.0. The van der Waals surface area contributed by atoms with Crippen LogP contribution in [0.25, 0.3) is 0 Å². The Morgan fingerprint density at radius 1 is 1.25 bits per heavy atom. The third kappa shape index (κ3) is 5.05. The molecule has 1 aromatic rings. The Morgan fingerprint density at radius 3 is 2.35 bits per heavy atom. The van der Waals surface area contributed by atoms with E-state index in [1.54, 1.807) is 12.1 Å². The van der Waals surface area contributed by atoms with Crippen molar-refractivity contribution in [3.63, 3.8) is 0 Å². The lowest BCUT2D eigenvalue weighted by Gasteiger charge is -2.19. The van der Waals surface area contributed by atoms with Crippen molar-refractivity contribution in [2.24, 2.45) is 0 Å². The van der Waals surface area contributed by atoms with E-state index < -0.39 is 25.0 Å². The van der Waals surface area contributed by atoms with Crippen molar-refractivity contribution in [1.29, 1.82) is 0 Å². The van der Waals surface area contributed by atoms with Gasteiger partial charge in [0.1, 0.15) is 13.7 Å². The largest absolute Gasteiger partial charge is 0.467 e. The lowest BCUT2D eigenvalue weighted by atomic mass is 10.2. The molecule has 1 amide bonds. The minimum Gasteiger partial charge on any atom is -0.467 e. The van der Waals surface area contributed by atoms with Crippen molar-refractivity contribution in [2.45, 2.75) is 12.4 Å². The SMILES string of the molecule is COC(=O)C(NC(=O)OCc1ccccc1)P(C)(C)=O. The van der Waals surface area contributed by atoms with Gasteiger partial charge in [-0.05, 0) is 18.9 Å². The molecule has 0 bridgehead atoms. The van der Waals surface area contributed by atoms with Crippen LogP contribution in [0.15, 0.2) is 30.3 Å². The van der Waals surface area contributed by atoms with Crippen LogP contribution in [0, 0.1) is 0 Å². The number of hydrogen-bond acceptors (Lipinski definition) is 5. The molecule has 0 saturated heterocycles. The Hall–Kier alpha value is -1.81. The first-order valence-electron chi connectivity index (χ1n) is 5.94. The summed E-state index contributed by atoms with van der Waals surface area (Å²) in [6.45, 7) is 2.86. The van der Waals surface area contributed by atoms with Gasteiger partial charge in [0.25, 0.3) is 0 Å². The van der Waals surface area contributed by atoms with Gasteiger partial charge in [0.05, 0.1) is 7.11 Å². The normalized spacial score (nSPS) is 12.3. The molecule has 0 aliphatic rings. The molecule has 6 nitrogen and oxygen atoms in total. The number of nitrogens with one attached hydrogen (secondary N) is 1. The van der Waals surface area contributed by atoms with Gasteiger partial charge >= 0.3 is 12.1 Å². The van der Waals surface area contributed by atoms with Gasteiger partial charge < -0.3 is 19.4 Å². The van der Waals surface area contributed by atoms with Crippen LogP contribution in [0.2, 0.25) is 0 Å². The Kier molecular flexibility index (Phi) is 5.77. The van der Waals surface area contributed by atoms with Crippen LogP contribution in [0.3, 0.4) is 0 Å². The van der Waals surface area contributed by atoms with E-state index in [0.29, 0.717) is 0 Å². The van der Waals surface area contributed by atoms with Crippen LogP contribution in [0.5, 0.6) is 0 Å². The Bertz CT molecular complexity index is 511. The molecule has 0 saturated carbocycles. The lowest BCUT2D eigenvalue weighted by molar-refractivity contribution is -0.140. The average molecular weight is 299 g/mol. The highest BCUT2D eigenvalue weighted by atomic mass is 31.2. The van der Waals surface area contributed by atoms with Gasteiger partial charge in [0.2, 0.25) is 0 Å². The van der Waals surface area contributed by atoms with Crippen molar-refractivity contribution in [2.75, 3.05) is 20.4 Å². The summed E-state index contributed by atoms with van der Waals surface area (Å²) < 4.78 is 21.4. The Morgan fingerprint density at radius 2 is 1.85 bits per heavy atom. The molecule has 20 heavy (non-hydrogen) atoms.